The molecule has 0 spiro atoms. The second kappa shape index (κ2) is 51.5. The summed E-state index contributed by atoms with van der Waals surface area (Å²) in [4.78, 5) is 12.6. The first-order valence-electron chi connectivity index (χ1n) is 27.9. The monoisotopic (exact) mass is 888 g/mol. The number of allylic oxidation sites excluding steroid dienone is 6. The predicted molar refractivity (Wildman–Crippen MR) is 274 cm³/mol. The number of carbonyl (C=O) groups excluding carboxylic acids is 1. The van der Waals surface area contributed by atoms with Gasteiger partial charge in [-0.1, -0.05) is 262 Å². The first-order valence-corrected chi connectivity index (χ1v) is 27.9. The summed E-state index contributed by atoms with van der Waals surface area (Å²) in [5.41, 5.74) is 0. The minimum Gasteiger partial charge on any atom is -0.394 e. The summed E-state index contributed by atoms with van der Waals surface area (Å²) in [5.74, 6) is -0.596. The highest BCUT2D eigenvalue weighted by Gasteiger charge is 2.28. The van der Waals surface area contributed by atoms with Crippen LogP contribution < -0.4 is 5.32 Å². The molecule has 0 fully saturated rings. The van der Waals surface area contributed by atoms with Crippen LogP contribution in [0.25, 0.3) is 0 Å². The van der Waals surface area contributed by atoms with Crippen LogP contribution in [-0.4, -0.2) is 57.3 Å². The molecule has 372 valence electrons. The molecule has 5 N–H and O–H groups in total. The fourth-order valence-electron chi connectivity index (χ4n) is 8.69. The van der Waals surface area contributed by atoms with E-state index in [1.165, 1.54) is 218 Å². The highest BCUT2D eigenvalue weighted by Crippen LogP contribution is 2.17. The minimum atomic E-state index is -1.28. The lowest BCUT2D eigenvalue weighted by Gasteiger charge is -2.27. The molecule has 0 saturated heterocycles. The Morgan fingerprint density at radius 2 is 0.698 bits per heavy atom. The number of hydrogen-bond donors (Lipinski definition) is 5. The highest BCUT2D eigenvalue weighted by molar-refractivity contribution is 5.80. The van der Waals surface area contributed by atoms with Crippen molar-refractivity contribution in [3.05, 3.63) is 36.5 Å². The lowest BCUT2D eigenvalue weighted by atomic mass is 10.00. The first kappa shape index (κ1) is 61.5. The van der Waals surface area contributed by atoms with Crippen LogP contribution in [0, 0.1) is 0 Å². The van der Waals surface area contributed by atoms with Crippen molar-refractivity contribution >= 4 is 5.91 Å². The summed E-state index contributed by atoms with van der Waals surface area (Å²) < 4.78 is 0. The van der Waals surface area contributed by atoms with Gasteiger partial charge in [-0.15, -0.1) is 0 Å². The number of carbonyl (C=O) groups is 1. The Morgan fingerprint density at radius 1 is 0.397 bits per heavy atom. The summed E-state index contributed by atoms with van der Waals surface area (Å²) in [6, 6.07) is -1.01. The van der Waals surface area contributed by atoms with Crippen LogP contribution in [0.4, 0.5) is 0 Å². The number of nitrogens with one attached hydrogen (secondary N) is 1. The van der Waals surface area contributed by atoms with Gasteiger partial charge in [0.2, 0.25) is 5.91 Å². The molecule has 0 aromatic heterocycles. The summed E-state index contributed by atoms with van der Waals surface area (Å²) in [6.07, 6.45) is 63.6. The van der Waals surface area contributed by atoms with Gasteiger partial charge in [0.25, 0.3) is 0 Å². The molecule has 0 rings (SSSR count). The second-order valence-corrected chi connectivity index (χ2v) is 19.3. The van der Waals surface area contributed by atoms with Gasteiger partial charge in [-0.2, -0.15) is 0 Å². The molecule has 6 heteroatoms. The van der Waals surface area contributed by atoms with Crippen LogP contribution in [0.3, 0.4) is 0 Å². The molecule has 4 atom stereocenters. The van der Waals surface area contributed by atoms with Crippen molar-refractivity contribution in [3.8, 4) is 0 Å². The van der Waals surface area contributed by atoms with Gasteiger partial charge in [0.1, 0.15) is 12.2 Å². The van der Waals surface area contributed by atoms with E-state index in [1.807, 2.05) is 0 Å². The van der Waals surface area contributed by atoms with Crippen LogP contribution in [0.2, 0.25) is 0 Å². The van der Waals surface area contributed by atoms with Gasteiger partial charge >= 0.3 is 0 Å². The Kier molecular flexibility index (Phi) is 50.3. The van der Waals surface area contributed by atoms with E-state index in [0.717, 1.165) is 44.9 Å². The van der Waals surface area contributed by atoms with Crippen molar-refractivity contribution in [2.75, 3.05) is 6.61 Å². The van der Waals surface area contributed by atoms with Gasteiger partial charge in [-0.25, -0.2) is 0 Å². The predicted octanol–water partition coefficient (Wildman–Crippen LogP) is 16.0. The average Bonchev–Trinajstić information content (AvgIpc) is 3.29. The Bertz CT molecular complexity index is 997. The topological polar surface area (TPSA) is 110 Å². The van der Waals surface area contributed by atoms with Gasteiger partial charge in [0.05, 0.1) is 18.8 Å². The molecule has 0 saturated carbocycles. The molecule has 0 heterocycles. The summed E-state index contributed by atoms with van der Waals surface area (Å²) in [5, 5.41) is 43.9. The van der Waals surface area contributed by atoms with Crippen molar-refractivity contribution in [3.63, 3.8) is 0 Å². The lowest BCUT2D eigenvalue weighted by molar-refractivity contribution is -0.132. The zero-order chi connectivity index (χ0) is 45.9. The van der Waals surface area contributed by atoms with Crippen LogP contribution in [0.5, 0.6) is 0 Å². The summed E-state index contributed by atoms with van der Waals surface area (Å²) in [7, 11) is 0. The zero-order valence-electron chi connectivity index (χ0n) is 42.1. The third-order valence-electron chi connectivity index (χ3n) is 13.1. The summed E-state index contributed by atoms with van der Waals surface area (Å²) in [6.45, 7) is 4.04. The third-order valence-corrected chi connectivity index (χ3v) is 13.1. The number of hydrogen-bond acceptors (Lipinski definition) is 5. The Hall–Kier alpha value is -1.47. The largest absolute Gasteiger partial charge is 0.394 e. The van der Waals surface area contributed by atoms with E-state index in [0.29, 0.717) is 12.8 Å². The van der Waals surface area contributed by atoms with Crippen LogP contribution >= 0.6 is 0 Å². The molecule has 63 heavy (non-hydrogen) atoms. The van der Waals surface area contributed by atoms with Gasteiger partial charge in [-0.3, -0.25) is 4.79 Å². The molecule has 6 nitrogen and oxygen atoms in total. The number of amides is 1. The Morgan fingerprint density at radius 3 is 1.08 bits per heavy atom. The highest BCUT2D eigenvalue weighted by atomic mass is 16.3. The maximum absolute atomic E-state index is 12.6. The van der Waals surface area contributed by atoms with Crippen molar-refractivity contribution < 1.29 is 25.2 Å². The fraction of sp³-hybridized carbons (Fsp3) is 0.877. The molecule has 0 aromatic carbocycles. The van der Waals surface area contributed by atoms with Crippen molar-refractivity contribution in [1.82, 2.24) is 5.32 Å². The molecular weight excluding hydrogens is 779 g/mol. The zero-order valence-corrected chi connectivity index (χ0v) is 42.1. The first-order chi connectivity index (χ1) is 31.0. The van der Waals surface area contributed by atoms with Gasteiger partial charge in [-0.05, 0) is 64.2 Å². The van der Waals surface area contributed by atoms with Crippen LogP contribution in [-0.2, 0) is 4.79 Å². The van der Waals surface area contributed by atoms with E-state index in [4.69, 9.17) is 0 Å². The second-order valence-electron chi connectivity index (χ2n) is 19.3. The number of rotatable bonds is 51. The van der Waals surface area contributed by atoms with E-state index in [-0.39, 0.29) is 0 Å². The Labute approximate surface area is 392 Å². The fourth-order valence-corrected chi connectivity index (χ4v) is 8.69. The minimum absolute atomic E-state index is 0.357. The molecule has 0 bridgehead atoms. The molecule has 0 aromatic rings. The van der Waals surface area contributed by atoms with Crippen molar-refractivity contribution in [2.45, 2.75) is 314 Å². The van der Waals surface area contributed by atoms with Crippen molar-refractivity contribution in [1.29, 1.82) is 0 Å². The van der Waals surface area contributed by atoms with E-state index in [2.05, 4.69) is 55.6 Å². The van der Waals surface area contributed by atoms with Crippen LogP contribution in [0.1, 0.15) is 290 Å². The standard InChI is InChI=1S/C57H109NO5/c1-3-5-7-9-11-13-15-17-19-21-23-24-25-26-27-28-29-30-31-32-33-35-36-38-40-42-44-46-48-50-54(60)56(62)53(52-59)58-57(63)55(61)51-49-47-45-43-41-39-37-34-22-20-18-16-14-12-10-8-6-4-2/h12,14,16,18,42,44,53-56,59-62H,3-11,13,15,17,19-41,43,45-52H2,1-2H3,(H,58,63)/b14-12-,18-16-,44-42+. The molecular formula is C57H109NO5. The molecule has 1 amide bonds. The van der Waals surface area contributed by atoms with Gasteiger partial charge in [0, 0.05) is 0 Å². The van der Waals surface area contributed by atoms with E-state index in [1.54, 1.807) is 0 Å². The summed E-state index contributed by atoms with van der Waals surface area (Å²) >= 11 is 0. The average molecular weight is 889 g/mol. The van der Waals surface area contributed by atoms with E-state index in [9.17, 15) is 25.2 Å². The molecule has 0 aliphatic rings. The Balaban J connectivity index is 3.64. The molecule has 0 aliphatic heterocycles. The van der Waals surface area contributed by atoms with Gasteiger partial charge < -0.3 is 25.7 Å². The molecule has 4 unspecified atom stereocenters. The van der Waals surface area contributed by atoms with Gasteiger partial charge in [0.15, 0.2) is 0 Å². The number of unbranched alkanes of at least 4 members (excludes halogenated alkanes) is 37. The normalized spacial score (nSPS) is 14.1. The van der Waals surface area contributed by atoms with E-state index < -0.39 is 36.9 Å². The van der Waals surface area contributed by atoms with Crippen molar-refractivity contribution in [2.24, 2.45) is 0 Å². The SMILES string of the molecule is CCCCC/C=C\C=C/CCCCCCCCCCCC(O)C(=O)NC(CO)C(O)C(O)CCC/C=C/CCCCCCCCCCCCCCCCCCCCCCCCCC. The molecule has 0 aliphatic carbocycles. The van der Waals surface area contributed by atoms with E-state index >= 15 is 0 Å². The lowest BCUT2D eigenvalue weighted by Crippen LogP contribution is -2.53. The quantitative estimate of drug-likeness (QED) is 0.0237. The number of aliphatic hydroxyl groups is 4. The molecule has 0 radical (unpaired) electrons. The smallest absolute Gasteiger partial charge is 0.249 e. The maximum atomic E-state index is 12.6. The van der Waals surface area contributed by atoms with Crippen LogP contribution in [0.15, 0.2) is 36.5 Å². The number of aliphatic hydroxyl groups excluding tert-OH is 4. The maximum Gasteiger partial charge on any atom is 0.249 e. The third kappa shape index (κ3) is 45.5.